The number of aromatic nitrogens is 2. The minimum Gasteiger partial charge on any atom is -0.467 e. The quantitative estimate of drug-likeness (QED) is 0.155. The highest BCUT2D eigenvalue weighted by Gasteiger charge is 2.38. The van der Waals surface area contributed by atoms with Gasteiger partial charge in [0.2, 0.25) is 5.91 Å². The molecule has 1 aliphatic heterocycles. The summed E-state index contributed by atoms with van der Waals surface area (Å²) in [6.45, 7) is 0.0753. The molecule has 37 heavy (non-hydrogen) atoms. The van der Waals surface area contributed by atoms with Gasteiger partial charge in [0.15, 0.2) is 11.5 Å². The van der Waals surface area contributed by atoms with Crippen molar-refractivity contribution in [3.05, 3.63) is 18.1 Å². The van der Waals surface area contributed by atoms with Crippen molar-refractivity contribution in [1.82, 2.24) is 15.3 Å². The lowest BCUT2D eigenvalue weighted by Gasteiger charge is -2.36. The van der Waals surface area contributed by atoms with Crippen molar-refractivity contribution in [3.63, 3.8) is 0 Å². The Kier molecular flexibility index (Phi) is 12.7. The van der Waals surface area contributed by atoms with Crippen molar-refractivity contribution >= 4 is 23.9 Å². The Morgan fingerprint density at radius 1 is 1.14 bits per heavy atom. The Labute approximate surface area is 209 Å². The highest BCUT2D eigenvalue weighted by Crippen LogP contribution is 2.28. The van der Waals surface area contributed by atoms with Crippen LogP contribution in [0.3, 0.4) is 0 Å². The molecule has 1 aromatic heterocycles. The van der Waals surface area contributed by atoms with Gasteiger partial charge in [0.05, 0.1) is 58.6 Å². The number of hydrogen-bond acceptors (Lipinski definition) is 12. The normalized spacial score (nSPS) is 22.2. The zero-order chi connectivity index (χ0) is 27.3. The highest BCUT2D eigenvalue weighted by molar-refractivity contribution is 5.77. The summed E-state index contributed by atoms with van der Waals surface area (Å²) in [6.07, 6.45) is -5.63. The summed E-state index contributed by atoms with van der Waals surface area (Å²) in [7, 11) is 1.25. The minimum atomic E-state index is -4.68. The van der Waals surface area contributed by atoms with Crippen LogP contribution in [0.2, 0.25) is 0 Å². The van der Waals surface area contributed by atoms with Crippen molar-refractivity contribution in [2.45, 2.75) is 24.5 Å². The Morgan fingerprint density at radius 3 is 2.49 bits per heavy atom. The molecule has 0 saturated carbocycles. The molecule has 0 radical (unpaired) electrons. The second kappa shape index (κ2) is 15.5. The molecule has 0 aliphatic carbocycles. The number of hydrogen-bond donors (Lipinski definition) is 3. The molecule has 16 heteroatoms. The monoisotopic (exact) mass is 538 g/mol. The lowest BCUT2D eigenvalue weighted by molar-refractivity contribution is -0.150. The van der Waals surface area contributed by atoms with Crippen LogP contribution in [0.4, 0.5) is 19.0 Å². The first kappa shape index (κ1) is 30.5. The number of nitrogens with zero attached hydrogens (tertiary/aromatic N) is 3. The smallest absolute Gasteiger partial charge is 0.434 e. The molecule has 0 bridgehead atoms. The summed E-state index contributed by atoms with van der Waals surface area (Å²) in [5, 5.41) is 23.1. The number of alkyl halides is 3. The van der Waals surface area contributed by atoms with Gasteiger partial charge in [-0.3, -0.25) is 9.78 Å². The predicted octanol–water partition coefficient (Wildman–Crippen LogP) is -0.726. The Bertz CT molecular complexity index is 891. The third kappa shape index (κ3) is 11.0. The molecule has 1 aromatic rings. The number of halogens is 3. The number of aliphatic imine (C=N–C) groups is 1. The van der Waals surface area contributed by atoms with Crippen LogP contribution in [0.1, 0.15) is 5.69 Å². The molecule has 13 nitrogen and oxygen atoms in total. The average Bonchev–Trinajstić information content (AvgIpc) is 2.87. The Balaban J connectivity index is 1.63. The van der Waals surface area contributed by atoms with E-state index >= 15 is 0 Å². The molecule has 0 aromatic carbocycles. The van der Waals surface area contributed by atoms with Crippen molar-refractivity contribution in [3.8, 4) is 0 Å². The van der Waals surface area contributed by atoms with Crippen molar-refractivity contribution in [2.75, 3.05) is 59.9 Å². The predicted molar refractivity (Wildman–Crippen MR) is 118 cm³/mol. The fourth-order valence-corrected chi connectivity index (χ4v) is 2.93. The second-order valence-corrected chi connectivity index (χ2v) is 7.65. The van der Waals surface area contributed by atoms with Crippen molar-refractivity contribution in [2.24, 2.45) is 10.9 Å². The van der Waals surface area contributed by atoms with Crippen LogP contribution < -0.4 is 5.32 Å². The maximum atomic E-state index is 12.7. The summed E-state index contributed by atoms with van der Waals surface area (Å²) in [5.74, 6) is -2.12. The van der Waals surface area contributed by atoms with Gasteiger partial charge < -0.3 is 39.2 Å². The molecule has 0 spiro atoms. The lowest BCUT2D eigenvalue weighted by atomic mass is 9.93. The molecule has 4 atom stereocenters. The standard InChI is InChI=1S/C21H29F3N4O9/c1-33-18(30)12-36-5-3-34-2-4-35-11-17(29)27-7-14-20(32)19(31)13(10-37-14)6-26-16-9-25-8-15(28-16)21(22,23)24/h6,8-9,13-14,19-20,31-32H,2-5,7,10-12H2,1H3,(H,27,29)/t13?,14-,19-,20+/m1/s1. The number of nitrogens with one attached hydrogen (secondary N) is 1. The second-order valence-electron chi connectivity index (χ2n) is 7.65. The molecule has 1 fully saturated rings. The van der Waals surface area contributed by atoms with Gasteiger partial charge in [-0.25, -0.2) is 14.8 Å². The Hall–Kier alpha value is -2.76. The summed E-state index contributed by atoms with van der Waals surface area (Å²) < 4.78 is 63.4. The number of aliphatic hydroxyl groups is 2. The van der Waals surface area contributed by atoms with Crippen LogP contribution in [0.15, 0.2) is 17.4 Å². The first-order valence-electron chi connectivity index (χ1n) is 11.1. The number of carbonyl (C=O) groups excluding carboxylic acids is 2. The number of esters is 1. The number of methoxy groups -OCH3 is 1. The number of ether oxygens (including phenoxy) is 5. The summed E-state index contributed by atoms with van der Waals surface area (Å²) >= 11 is 0. The van der Waals surface area contributed by atoms with E-state index in [0.29, 0.717) is 6.20 Å². The number of aliphatic hydroxyl groups excluding tert-OH is 2. The van der Waals surface area contributed by atoms with Crippen LogP contribution >= 0.6 is 0 Å². The fourth-order valence-electron chi connectivity index (χ4n) is 2.93. The topological polar surface area (TPSA) is 171 Å². The van der Waals surface area contributed by atoms with Gasteiger partial charge in [0.25, 0.3) is 0 Å². The van der Waals surface area contributed by atoms with E-state index in [1.54, 1.807) is 0 Å². The van der Waals surface area contributed by atoms with Crippen LogP contribution in [-0.4, -0.2) is 116 Å². The van der Waals surface area contributed by atoms with Crippen LogP contribution in [-0.2, 0) is 39.4 Å². The molecule has 1 amide bonds. The first-order valence-corrected chi connectivity index (χ1v) is 11.1. The van der Waals surface area contributed by atoms with Gasteiger partial charge in [0.1, 0.15) is 25.4 Å². The molecular formula is C21H29F3N4O9. The van der Waals surface area contributed by atoms with Crippen molar-refractivity contribution in [1.29, 1.82) is 0 Å². The van der Waals surface area contributed by atoms with Gasteiger partial charge in [-0.2, -0.15) is 13.2 Å². The lowest BCUT2D eigenvalue weighted by Crippen LogP contribution is -2.54. The minimum absolute atomic E-state index is 0.105. The van der Waals surface area contributed by atoms with E-state index in [2.05, 4.69) is 25.0 Å². The maximum absolute atomic E-state index is 12.7. The van der Waals surface area contributed by atoms with Gasteiger partial charge in [-0.05, 0) is 0 Å². The van der Waals surface area contributed by atoms with E-state index in [9.17, 15) is 33.0 Å². The van der Waals surface area contributed by atoms with E-state index in [-0.39, 0.29) is 58.6 Å². The SMILES string of the molecule is COC(=O)COCCOCCOCC(=O)NC[C@H]1OCC(C=Nc2cncc(C(F)(F)F)n2)[C@@H](O)[C@H]1O. The average molecular weight is 538 g/mol. The number of rotatable bonds is 14. The zero-order valence-electron chi connectivity index (χ0n) is 19.9. The van der Waals surface area contributed by atoms with Gasteiger partial charge >= 0.3 is 12.1 Å². The summed E-state index contributed by atoms with van der Waals surface area (Å²) in [4.78, 5) is 33.3. The molecule has 1 saturated heterocycles. The van der Waals surface area contributed by atoms with E-state index in [4.69, 9.17) is 18.9 Å². The largest absolute Gasteiger partial charge is 0.467 e. The van der Waals surface area contributed by atoms with Crippen LogP contribution in [0.25, 0.3) is 0 Å². The maximum Gasteiger partial charge on any atom is 0.434 e. The van der Waals surface area contributed by atoms with Gasteiger partial charge in [0, 0.05) is 18.7 Å². The molecule has 2 rings (SSSR count). The third-order valence-electron chi connectivity index (χ3n) is 4.91. The summed E-state index contributed by atoms with van der Waals surface area (Å²) in [5.41, 5.74) is -1.21. The molecule has 2 heterocycles. The van der Waals surface area contributed by atoms with E-state index < -0.39 is 48.0 Å². The van der Waals surface area contributed by atoms with E-state index in [1.165, 1.54) is 7.11 Å². The molecule has 1 aliphatic rings. The van der Waals surface area contributed by atoms with E-state index in [1.807, 2.05) is 0 Å². The highest BCUT2D eigenvalue weighted by atomic mass is 19.4. The van der Waals surface area contributed by atoms with Gasteiger partial charge in [-0.1, -0.05) is 0 Å². The summed E-state index contributed by atoms with van der Waals surface area (Å²) in [6, 6.07) is 0. The Morgan fingerprint density at radius 2 is 1.81 bits per heavy atom. The molecule has 208 valence electrons. The van der Waals surface area contributed by atoms with Crippen molar-refractivity contribution < 1.29 is 56.7 Å². The third-order valence-corrected chi connectivity index (χ3v) is 4.91. The number of carbonyl (C=O) groups is 2. The zero-order valence-corrected chi connectivity index (χ0v) is 19.9. The molecular weight excluding hydrogens is 509 g/mol. The molecule has 3 N–H and O–H groups in total. The fraction of sp³-hybridized carbons (Fsp3) is 0.667. The van der Waals surface area contributed by atoms with E-state index in [0.717, 1.165) is 12.4 Å². The van der Waals surface area contributed by atoms with Crippen LogP contribution in [0, 0.1) is 5.92 Å². The van der Waals surface area contributed by atoms with Gasteiger partial charge in [-0.15, -0.1) is 0 Å². The number of amides is 1. The molecule has 1 unspecified atom stereocenters. The first-order chi connectivity index (χ1) is 17.6. The van der Waals surface area contributed by atoms with Crippen LogP contribution in [0.5, 0.6) is 0 Å².